The first-order valence-electron chi connectivity index (χ1n) is 21.1. The minimum absolute atomic E-state index is 0.0578. The van der Waals surface area contributed by atoms with Crippen LogP contribution in [0.3, 0.4) is 0 Å². The first-order chi connectivity index (χ1) is 29.1. The lowest BCUT2D eigenvalue weighted by molar-refractivity contribution is -0.141. The van der Waals surface area contributed by atoms with Gasteiger partial charge < -0.3 is 50.6 Å². The molecule has 0 spiro atoms. The van der Waals surface area contributed by atoms with Crippen molar-refractivity contribution in [3.05, 3.63) is 40.6 Å². The number of thiophene rings is 1. The van der Waals surface area contributed by atoms with Crippen molar-refractivity contribution in [2.75, 3.05) is 39.5 Å². The maximum atomic E-state index is 13.9. The largest absolute Gasteiger partial charge is 0.472 e. The first kappa shape index (κ1) is 52.6. The fourth-order valence-electron chi connectivity index (χ4n) is 6.49. The molecule has 5 amide bonds. The summed E-state index contributed by atoms with van der Waals surface area (Å²) in [5.41, 5.74) is -0.321. The number of imidazole rings is 1. The van der Waals surface area contributed by atoms with Crippen molar-refractivity contribution in [3.63, 3.8) is 0 Å². The lowest BCUT2D eigenvalue weighted by atomic mass is 10.0. The predicted octanol–water partition coefficient (Wildman–Crippen LogP) is 2.77. The number of carbonyl (C=O) groups is 5. The van der Waals surface area contributed by atoms with Gasteiger partial charge >= 0.3 is 7.82 Å². The lowest BCUT2D eigenvalue weighted by Crippen LogP contribution is -2.59. The predicted molar refractivity (Wildman–Crippen MR) is 232 cm³/mol. The summed E-state index contributed by atoms with van der Waals surface area (Å²) in [6.07, 6.45) is 4.12. The van der Waals surface area contributed by atoms with Gasteiger partial charge in [0.2, 0.25) is 29.5 Å². The topological polar surface area (TPSA) is 260 Å². The SMILES string of the molecule is CC(C)C[C@H](NC(=O)[C@@H]1CCCN1C(=O)CCOC(C)(C)CCOC(C)(C)C)C(=O)N[C@@H](Cc1cnc[nH]1)C(=O)N[C@@H](CO)C(=O)NC[C@@H](C)OP(=O)(O)OCCc1cccs1. The van der Waals surface area contributed by atoms with E-state index in [2.05, 4.69) is 31.2 Å². The van der Waals surface area contributed by atoms with E-state index in [0.29, 0.717) is 44.5 Å². The molecular formula is C41H68N7O12PS. The number of nitrogens with one attached hydrogen (secondary N) is 5. The molecule has 1 aliphatic heterocycles. The zero-order chi connectivity index (χ0) is 46.1. The molecule has 0 aromatic carbocycles. The molecule has 1 saturated heterocycles. The summed E-state index contributed by atoms with van der Waals surface area (Å²) in [7, 11) is -4.46. The Labute approximate surface area is 368 Å². The van der Waals surface area contributed by atoms with Crippen molar-refractivity contribution < 1.29 is 57.1 Å². The molecule has 0 bridgehead atoms. The molecule has 1 unspecified atom stereocenters. The molecule has 1 aliphatic rings. The van der Waals surface area contributed by atoms with Gasteiger partial charge in [0.1, 0.15) is 24.2 Å². The van der Waals surface area contributed by atoms with Crippen LogP contribution in [0.5, 0.6) is 0 Å². The summed E-state index contributed by atoms with van der Waals surface area (Å²) < 4.78 is 34.4. The Kier molecular flexibility index (Phi) is 21.1. The fraction of sp³-hybridized carbons (Fsp3) is 0.707. The number of aliphatic hydroxyl groups is 1. The van der Waals surface area contributed by atoms with Gasteiger partial charge in [-0.25, -0.2) is 9.55 Å². The van der Waals surface area contributed by atoms with Crippen molar-refractivity contribution in [2.24, 2.45) is 5.92 Å². The van der Waals surface area contributed by atoms with E-state index in [4.69, 9.17) is 18.5 Å². The molecule has 6 atom stereocenters. The number of phosphoric acid groups is 1. The number of likely N-dealkylation sites (tertiary alicyclic amines) is 1. The standard InChI is InChI=1S/C41H68N7O12PS/c1-27(2)21-31(46-39(54)34-12-9-16-48(34)35(50)14-17-58-41(7,8)15-19-57-40(4,5)6)37(52)45-32(22-29-24-42-26-44-29)38(53)47-33(25-49)36(51)43-23-28(3)60-61(55,56)59-18-13-30-11-10-20-62-30/h10-11,20,24,26-28,31-34,49H,9,12-19,21-23,25H2,1-8H3,(H,42,44)(H,43,51)(H,45,52)(H,46,54)(H,47,53)(H,55,56)/t28-,31+,32+,33+,34+/m1/s1. The maximum absolute atomic E-state index is 13.9. The lowest BCUT2D eigenvalue weighted by Gasteiger charge is -2.29. The second-order valence-electron chi connectivity index (χ2n) is 17.4. The highest BCUT2D eigenvalue weighted by Crippen LogP contribution is 2.44. The average Bonchev–Trinajstić information content (AvgIpc) is 3.98. The fourth-order valence-corrected chi connectivity index (χ4v) is 8.09. The Bertz CT molecular complexity index is 1760. The number of aromatic amines is 1. The number of aliphatic hydroxyl groups excluding tert-OH is 1. The molecule has 62 heavy (non-hydrogen) atoms. The van der Waals surface area contributed by atoms with E-state index < -0.39 is 73.9 Å². The number of rotatable bonds is 27. The number of ether oxygens (including phenoxy) is 2. The monoisotopic (exact) mass is 913 g/mol. The van der Waals surface area contributed by atoms with Crippen molar-refractivity contribution in [2.45, 2.75) is 142 Å². The Morgan fingerprint density at radius 2 is 1.69 bits per heavy atom. The molecule has 2 aromatic heterocycles. The van der Waals surface area contributed by atoms with Crippen LogP contribution >= 0.6 is 19.2 Å². The summed E-state index contributed by atoms with van der Waals surface area (Å²) >= 11 is 1.48. The number of hydrogen-bond donors (Lipinski definition) is 7. The van der Waals surface area contributed by atoms with Gasteiger partial charge in [0.25, 0.3) is 0 Å². The molecular weight excluding hydrogens is 846 g/mol. The van der Waals surface area contributed by atoms with Crippen molar-refractivity contribution >= 4 is 48.7 Å². The molecule has 2 aromatic rings. The minimum Gasteiger partial charge on any atom is -0.394 e. The first-order valence-corrected chi connectivity index (χ1v) is 23.5. The molecule has 7 N–H and O–H groups in total. The van der Waals surface area contributed by atoms with Crippen LogP contribution < -0.4 is 21.3 Å². The second-order valence-corrected chi connectivity index (χ2v) is 19.8. The van der Waals surface area contributed by atoms with E-state index in [-0.39, 0.29) is 56.4 Å². The third-order valence-corrected chi connectivity index (χ3v) is 11.8. The number of H-pyrrole nitrogens is 1. The van der Waals surface area contributed by atoms with Crippen LogP contribution in [0.1, 0.15) is 98.1 Å². The number of phosphoric ester groups is 1. The van der Waals surface area contributed by atoms with Crippen LogP contribution in [0.2, 0.25) is 0 Å². The van der Waals surface area contributed by atoms with Crippen LogP contribution in [0.4, 0.5) is 0 Å². The average molecular weight is 914 g/mol. The minimum atomic E-state index is -4.46. The van der Waals surface area contributed by atoms with Crippen molar-refractivity contribution in [3.8, 4) is 0 Å². The van der Waals surface area contributed by atoms with Gasteiger partial charge in [-0.1, -0.05) is 19.9 Å². The summed E-state index contributed by atoms with van der Waals surface area (Å²) in [5.74, 6) is -3.11. The van der Waals surface area contributed by atoms with Gasteiger partial charge in [0.15, 0.2) is 0 Å². The zero-order valence-corrected chi connectivity index (χ0v) is 39.0. The number of carbonyl (C=O) groups excluding carboxylic acids is 5. The normalized spacial score (nSPS) is 17.5. The van der Waals surface area contributed by atoms with E-state index in [1.807, 2.05) is 66.0 Å². The molecule has 1 fully saturated rings. The van der Waals surface area contributed by atoms with Crippen molar-refractivity contribution in [1.29, 1.82) is 0 Å². The maximum Gasteiger partial charge on any atom is 0.472 e. The molecule has 21 heteroatoms. The molecule has 0 radical (unpaired) electrons. The second kappa shape index (κ2) is 24.9. The Balaban J connectivity index is 1.59. The summed E-state index contributed by atoms with van der Waals surface area (Å²) in [5, 5.41) is 22.4. The number of aromatic nitrogens is 2. The highest BCUT2D eigenvalue weighted by Gasteiger charge is 2.37. The molecule has 3 rings (SSSR count). The van der Waals surface area contributed by atoms with E-state index in [1.165, 1.54) is 35.7 Å². The molecule has 0 saturated carbocycles. The van der Waals surface area contributed by atoms with Gasteiger partial charge in [0, 0.05) is 49.3 Å². The van der Waals surface area contributed by atoms with Gasteiger partial charge in [-0.05, 0) is 84.6 Å². The van der Waals surface area contributed by atoms with E-state index in [1.54, 1.807) is 0 Å². The third kappa shape index (κ3) is 19.3. The van der Waals surface area contributed by atoms with Gasteiger partial charge in [-0.15, -0.1) is 11.3 Å². The third-order valence-electron chi connectivity index (χ3n) is 9.75. The van der Waals surface area contributed by atoms with Crippen LogP contribution in [-0.2, 0) is 59.9 Å². The van der Waals surface area contributed by atoms with E-state index in [9.17, 15) is 38.5 Å². The van der Waals surface area contributed by atoms with Crippen LogP contribution in [0.25, 0.3) is 0 Å². The van der Waals surface area contributed by atoms with E-state index in [0.717, 1.165) is 4.88 Å². The molecule has 0 aliphatic carbocycles. The quantitative estimate of drug-likeness (QED) is 0.0638. The molecule has 3 heterocycles. The van der Waals surface area contributed by atoms with Crippen LogP contribution in [0, 0.1) is 5.92 Å². The Morgan fingerprint density at radius 1 is 0.984 bits per heavy atom. The summed E-state index contributed by atoms with van der Waals surface area (Å²) in [4.78, 5) is 87.3. The highest BCUT2D eigenvalue weighted by molar-refractivity contribution is 7.47. The molecule has 350 valence electrons. The zero-order valence-electron chi connectivity index (χ0n) is 37.3. The number of amides is 5. The summed E-state index contributed by atoms with van der Waals surface area (Å²) in [6, 6.07) is -0.934. The Hall–Kier alpha value is -3.75. The van der Waals surface area contributed by atoms with E-state index >= 15 is 0 Å². The van der Waals surface area contributed by atoms with Gasteiger partial charge in [0.05, 0.1) is 49.9 Å². The summed E-state index contributed by atoms with van der Waals surface area (Å²) in [6.45, 7) is 14.9. The Morgan fingerprint density at radius 3 is 2.32 bits per heavy atom. The number of hydrogen-bond acceptors (Lipinski definition) is 13. The van der Waals surface area contributed by atoms with Crippen molar-refractivity contribution in [1.82, 2.24) is 36.1 Å². The van der Waals surface area contributed by atoms with Crippen LogP contribution in [-0.4, -0.2) is 135 Å². The highest BCUT2D eigenvalue weighted by atomic mass is 32.1. The molecule has 19 nitrogen and oxygen atoms in total. The number of nitrogens with zero attached hydrogens (tertiary/aromatic N) is 2. The van der Waals surface area contributed by atoms with Gasteiger partial charge in [-0.2, -0.15) is 0 Å². The van der Waals surface area contributed by atoms with Gasteiger partial charge in [-0.3, -0.25) is 33.0 Å². The smallest absolute Gasteiger partial charge is 0.394 e. The van der Waals surface area contributed by atoms with Crippen LogP contribution in [0.15, 0.2) is 30.0 Å².